The Morgan fingerprint density at radius 3 is 3.00 bits per heavy atom. The van der Waals surface area contributed by atoms with Crippen molar-refractivity contribution in [1.82, 2.24) is 9.78 Å². The number of nitrogens with one attached hydrogen (secondary N) is 1. The molecule has 15 heavy (non-hydrogen) atoms. The van der Waals surface area contributed by atoms with Crippen LogP contribution in [-0.4, -0.2) is 34.6 Å². The predicted molar refractivity (Wildman–Crippen MR) is 57.7 cm³/mol. The van der Waals surface area contributed by atoms with E-state index in [-0.39, 0.29) is 12.2 Å². The number of anilines is 1. The first kappa shape index (κ1) is 11.7. The second-order valence-corrected chi connectivity index (χ2v) is 3.10. The normalized spacial score (nSPS) is 10.3. The molecule has 1 rings (SSSR count). The minimum atomic E-state index is -0.175. The lowest BCUT2D eigenvalue weighted by Gasteiger charge is -2.06. The van der Waals surface area contributed by atoms with Gasteiger partial charge in [-0.3, -0.25) is 4.79 Å². The molecule has 1 aromatic heterocycles. The summed E-state index contributed by atoms with van der Waals surface area (Å²) in [5.41, 5.74) is 5.81. The first-order valence-corrected chi connectivity index (χ1v) is 4.90. The fourth-order valence-corrected chi connectivity index (χ4v) is 1.14. The molecule has 0 unspecified atom stereocenters. The number of nitrogens with two attached hydrogens (primary N) is 1. The molecule has 4 N–H and O–H groups in total. The summed E-state index contributed by atoms with van der Waals surface area (Å²) in [6.45, 7) is 1.61. The summed E-state index contributed by atoms with van der Waals surface area (Å²) in [4.78, 5) is 11.5. The van der Waals surface area contributed by atoms with Crippen LogP contribution in [0.4, 0.5) is 5.69 Å². The van der Waals surface area contributed by atoms with Gasteiger partial charge in [0.25, 0.3) is 5.56 Å². The number of hydrogen-bond acceptors (Lipinski definition) is 5. The average molecular weight is 212 g/mol. The molecule has 0 bridgehead atoms. The molecule has 0 atom stereocenters. The number of rotatable bonds is 6. The van der Waals surface area contributed by atoms with Crippen LogP contribution in [0.25, 0.3) is 0 Å². The molecule has 0 aliphatic carbocycles. The highest BCUT2D eigenvalue weighted by Gasteiger charge is 1.98. The van der Waals surface area contributed by atoms with Crippen LogP contribution in [0.5, 0.6) is 0 Å². The highest BCUT2D eigenvalue weighted by atomic mass is 16.3. The first-order valence-electron chi connectivity index (χ1n) is 4.90. The maximum atomic E-state index is 11.5. The SMILES string of the molecule is NCCNc1cnn(CCCO)c(=O)c1. The van der Waals surface area contributed by atoms with E-state index in [1.165, 1.54) is 10.7 Å². The minimum Gasteiger partial charge on any atom is -0.396 e. The molecule has 0 aliphatic heterocycles. The number of aliphatic hydroxyl groups excluding tert-OH is 1. The Bertz CT molecular complexity index is 350. The summed E-state index contributed by atoms with van der Waals surface area (Å²) in [6.07, 6.45) is 2.11. The van der Waals surface area contributed by atoms with Crippen molar-refractivity contribution in [3.8, 4) is 0 Å². The van der Waals surface area contributed by atoms with Crippen molar-refractivity contribution in [1.29, 1.82) is 0 Å². The molecule has 1 aromatic rings. The van der Waals surface area contributed by atoms with E-state index in [4.69, 9.17) is 10.8 Å². The Balaban J connectivity index is 2.66. The van der Waals surface area contributed by atoms with Crippen LogP contribution in [0.1, 0.15) is 6.42 Å². The van der Waals surface area contributed by atoms with Crippen molar-refractivity contribution in [2.75, 3.05) is 25.0 Å². The lowest BCUT2D eigenvalue weighted by Crippen LogP contribution is -2.24. The summed E-state index contributed by atoms with van der Waals surface area (Å²) in [5.74, 6) is 0. The first-order chi connectivity index (χ1) is 7.27. The summed E-state index contributed by atoms with van der Waals surface area (Å²) < 4.78 is 1.32. The van der Waals surface area contributed by atoms with Crippen molar-refractivity contribution in [2.45, 2.75) is 13.0 Å². The number of hydrogen-bond donors (Lipinski definition) is 3. The van der Waals surface area contributed by atoms with Crippen LogP contribution >= 0.6 is 0 Å². The Kier molecular flexibility index (Phi) is 4.79. The van der Waals surface area contributed by atoms with Gasteiger partial charge in [-0.05, 0) is 6.42 Å². The highest BCUT2D eigenvalue weighted by molar-refractivity contribution is 5.38. The van der Waals surface area contributed by atoms with Gasteiger partial charge in [-0.15, -0.1) is 0 Å². The van der Waals surface area contributed by atoms with Gasteiger partial charge in [0.2, 0.25) is 0 Å². The molecule has 0 aromatic carbocycles. The van der Waals surface area contributed by atoms with Crippen molar-refractivity contribution >= 4 is 5.69 Å². The zero-order chi connectivity index (χ0) is 11.1. The van der Waals surface area contributed by atoms with Gasteiger partial charge in [0, 0.05) is 32.3 Å². The number of aliphatic hydroxyl groups is 1. The van der Waals surface area contributed by atoms with Crippen molar-refractivity contribution in [3.63, 3.8) is 0 Å². The molecule has 0 saturated heterocycles. The Morgan fingerprint density at radius 2 is 2.40 bits per heavy atom. The van der Waals surface area contributed by atoms with Crippen LogP contribution < -0.4 is 16.6 Å². The predicted octanol–water partition coefficient (Wildman–Crippen LogP) is -1.00. The standard InChI is InChI=1S/C9H16N4O2/c10-2-3-11-8-6-9(15)13(12-7-8)4-1-5-14/h6-7,11,14H,1-5,10H2. The van der Waals surface area contributed by atoms with Crippen molar-refractivity contribution < 1.29 is 5.11 Å². The molecular formula is C9H16N4O2. The third-order valence-electron chi connectivity index (χ3n) is 1.87. The second kappa shape index (κ2) is 6.15. The van der Waals surface area contributed by atoms with Crippen LogP contribution in [0.3, 0.4) is 0 Å². The Morgan fingerprint density at radius 1 is 1.60 bits per heavy atom. The largest absolute Gasteiger partial charge is 0.396 e. The number of nitrogens with zero attached hydrogens (tertiary/aromatic N) is 2. The molecule has 0 fully saturated rings. The van der Waals surface area contributed by atoms with E-state index in [2.05, 4.69) is 10.4 Å². The van der Waals surface area contributed by atoms with Crippen LogP contribution in [0.2, 0.25) is 0 Å². The Hall–Kier alpha value is -1.40. The molecule has 0 saturated carbocycles. The van der Waals surface area contributed by atoms with Gasteiger partial charge in [-0.2, -0.15) is 5.10 Å². The van der Waals surface area contributed by atoms with Gasteiger partial charge in [-0.25, -0.2) is 4.68 Å². The summed E-state index contributed by atoms with van der Waals surface area (Å²) in [7, 11) is 0. The number of aryl methyl sites for hydroxylation is 1. The molecule has 6 nitrogen and oxygen atoms in total. The van der Waals surface area contributed by atoms with Gasteiger partial charge >= 0.3 is 0 Å². The highest BCUT2D eigenvalue weighted by Crippen LogP contribution is 1.98. The minimum absolute atomic E-state index is 0.0568. The lowest BCUT2D eigenvalue weighted by atomic mass is 10.4. The monoisotopic (exact) mass is 212 g/mol. The molecule has 0 aliphatic rings. The van der Waals surface area contributed by atoms with E-state index in [1.807, 2.05) is 0 Å². The average Bonchev–Trinajstić information content (AvgIpc) is 2.25. The van der Waals surface area contributed by atoms with E-state index in [1.54, 1.807) is 6.20 Å². The van der Waals surface area contributed by atoms with Gasteiger partial charge < -0.3 is 16.2 Å². The van der Waals surface area contributed by atoms with E-state index in [0.29, 0.717) is 31.7 Å². The van der Waals surface area contributed by atoms with Crippen molar-refractivity contribution in [3.05, 3.63) is 22.6 Å². The second-order valence-electron chi connectivity index (χ2n) is 3.10. The van der Waals surface area contributed by atoms with Gasteiger partial charge in [0.1, 0.15) is 0 Å². The third-order valence-corrected chi connectivity index (χ3v) is 1.87. The molecule has 0 radical (unpaired) electrons. The molecule has 6 heteroatoms. The summed E-state index contributed by atoms with van der Waals surface area (Å²) in [5, 5.41) is 15.5. The van der Waals surface area contributed by atoms with Crippen molar-refractivity contribution in [2.24, 2.45) is 5.73 Å². The summed E-state index contributed by atoms with van der Waals surface area (Å²) in [6, 6.07) is 1.47. The molecule has 84 valence electrons. The fraction of sp³-hybridized carbons (Fsp3) is 0.556. The Labute approximate surface area is 87.7 Å². The molecule has 0 spiro atoms. The van der Waals surface area contributed by atoms with Crippen LogP contribution in [0.15, 0.2) is 17.1 Å². The van der Waals surface area contributed by atoms with Crippen LogP contribution in [-0.2, 0) is 6.54 Å². The van der Waals surface area contributed by atoms with Gasteiger partial charge in [0.05, 0.1) is 11.9 Å². The zero-order valence-electron chi connectivity index (χ0n) is 8.52. The number of aromatic nitrogens is 2. The topological polar surface area (TPSA) is 93.2 Å². The van der Waals surface area contributed by atoms with Gasteiger partial charge in [-0.1, -0.05) is 0 Å². The zero-order valence-corrected chi connectivity index (χ0v) is 8.52. The van der Waals surface area contributed by atoms with E-state index in [9.17, 15) is 4.79 Å². The fourth-order valence-electron chi connectivity index (χ4n) is 1.14. The summed E-state index contributed by atoms with van der Waals surface area (Å²) >= 11 is 0. The van der Waals surface area contributed by atoms with E-state index in [0.717, 1.165) is 0 Å². The quantitative estimate of drug-likeness (QED) is 0.562. The maximum absolute atomic E-state index is 11.5. The molecule has 0 amide bonds. The maximum Gasteiger partial charge on any atom is 0.268 e. The van der Waals surface area contributed by atoms with Crippen LogP contribution in [0, 0.1) is 0 Å². The molecular weight excluding hydrogens is 196 g/mol. The third kappa shape index (κ3) is 3.69. The molecule has 1 heterocycles. The smallest absolute Gasteiger partial charge is 0.268 e. The van der Waals surface area contributed by atoms with E-state index >= 15 is 0 Å². The lowest BCUT2D eigenvalue weighted by molar-refractivity contribution is 0.275. The van der Waals surface area contributed by atoms with Gasteiger partial charge in [0.15, 0.2) is 0 Å². The van der Waals surface area contributed by atoms with E-state index < -0.39 is 0 Å².